The van der Waals surface area contributed by atoms with E-state index >= 15 is 0 Å². The van der Waals surface area contributed by atoms with Gasteiger partial charge in [0, 0.05) is 12.8 Å². The Morgan fingerprint density at radius 2 is 1.06 bits per heavy atom. The number of quaternary nitrogens is 1. The summed E-state index contributed by atoms with van der Waals surface area (Å²) in [7, 11) is 2.53. The molecule has 0 amide bonds. The highest BCUT2D eigenvalue weighted by Gasteiger charge is 2.34. The molecule has 2 aliphatic rings. The van der Waals surface area contributed by atoms with Crippen LogP contribution < -0.4 is 0 Å². The Morgan fingerprint density at radius 3 is 1.53 bits per heavy atom. The molecule has 0 spiro atoms. The van der Waals surface area contributed by atoms with Gasteiger partial charge < -0.3 is 9.96 Å². The van der Waals surface area contributed by atoms with E-state index in [2.05, 4.69) is 7.05 Å². The minimum absolute atomic E-state index is 0. The van der Waals surface area contributed by atoms with Gasteiger partial charge in [-0.15, -0.1) is 0 Å². The molecule has 0 aromatic heterocycles. The molecule has 17 heavy (non-hydrogen) atoms. The summed E-state index contributed by atoms with van der Waals surface area (Å²) in [5.41, 5.74) is 0. The minimum atomic E-state index is 0. The van der Waals surface area contributed by atoms with Crippen LogP contribution in [0.15, 0.2) is 0 Å². The molecule has 1 aliphatic heterocycles. The molecule has 1 saturated heterocycles. The zero-order valence-corrected chi connectivity index (χ0v) is 11.7. The number of likely N-dealkylation sites (tertiary alicyclic amines) is 1. The maximum absolute atomic E-state index is 2.53. The van der Waals surface area contributed by atoms with Crippen molar-refractivity contribution >= 4 is 0 Å². The molecule has 2 nitrogen and oxygen atoms in total. The van der Waals surface area contributed by atoms with E-state index in [0.717, 1.165) is 6.04 Å². The molecule has 0 aromatic carbocycles. The molecular weight excluding hydrogens is 210 g/mol. The molecule has 2 heteroatoms. The molecule has 0 atom stereocenters. The zero-order valence-electron chi connectivity index (χ0n) is 11.7. The number of hydrogen-bond acceptors (Lipinski definition) is 1. The molecule has 102 valence electrons. The van der Waals surface area contributed by atoms with Gasteiger partial charge in [0.1, 0.15) is 0 Å². The standard InChI is InChI=1S/C15H30N.H2O/c1-16(13-9-10-14-16)15-11-7-5-3-2-4-6-8-12-15;/h15H,2-14H2,1H3;1H2/q+1;/p-1. The van der Waals surface area contributed by atoms with Gasteiger partial charge in [-0.05, 0) is 25.7 Å². The van der Waals surface area contributed by atoms with Crippen molar-refractivity contribution < 1.29 is 9.96 Å². The predicted octanol–water partition coefficient (Wildman–Crippen LogP) is 3.94. The highest BCUT2D eigenvalue weighted by molar-refractivity contribution is 4.66. The largest absolute Gasteiger partial charge is 0.870 e. The van der Waals surface area contributed by atoms with Crippen LogP contribution >= 0.6 is 0 Å². The fourth-order valence-corrected chi connectivity index (χ4v) is 3.83. The van der Waals surface area contributed by atoms with Crippen molar-refractivity contribution in [3.05, 3.63) is 0 Å². The Kier molecular flexibility index (Phi) is 6.50. The van der Waals surface area contributed by atoms with Gasteiger partial charge in [-0.25, -0.2) is 0 Å². The van der Waals surface area contributed by atoms with Crippen LogP contribution in [0.2, 0.25) is 0 Å². The van der Waals surface area contributed by atoms with E-state index in [1.807, 2.05) is 0 Å². The van der Waals surface area contributed by atoms with E-state index in [1.165, 1.54) is 88.2 Å². The Labute approximate surface area is 107 Å². The fraction of sp³-hybridized carbons (Fsp3) is 1.00. The molecule has 1 saturated carbocycles. The lowest BCUT2D eigenvalue weighted by atomic mass is 9.95. The first-order valence-corrected chi connectivity index (χ1v) is 7.65. The maximum atomic E-state index is 2.53. The van der Waals surface area contributed by atoms with Crippen LogP contribution in [0.3, 0.4) is 0 Å². The van der Waals surface area contributed by atoms with E-state index in [9.17, 15) is 0 Å². The van der Waals surface area contributed by atoms with Crippen LogP contribution in [-0.4, -0.2) is 36.1 Å². The lowest BCUT2D eigenvalue weighted by Gasteiger charge is -2.38. The monoisotopic (exact) mass is 241 g/mol. The van der Waals surface area contributed by atoms with Gasteiger partial charge in [0.25, 0.3) is 0 Å². The van der Waals surface area contributed by atoms with E-state index < -0.39 is 0 Å². The third-order valence-corrected chi connectivity index (χ3v) is 5.04. The average molecular weight is 241 g/mol. The minimum Gasteiger partial charge on any atom is -0.870 e. The number of nitrogens with zero attached hydrogens (tertiary/aromatic N) is 1. The van der Waals surface area contributed by atoms with E-state index in [0.29, 0.717) is 0 Å². The fourth-order valence-electron chi connectivity index (χ4n) is 3.83. The van der Waals surface area contributed by atoms with Gasteiger partial charge in [0.2, 0.25) is 0 Å². The molecule has 1 aliphatic carbocycles. The highest BCUT2D eigenvalue weighted by atomic mass is 16.0. The molecule has 1 N–H and O–H groups in total. The van der Waals surface area contributed by atoms with Crippen molar-refractivity contribution in [1.82, 2.24) is 0 Å². The van der Waals surface area contributed by atoms with Crippen molar-refractivity contribution in [3.63, 3.8) is 0 Å². The van der Waals surface area contributed by atoms with E-state index in [4.69, 9.17) is 0 Å². The van der Waals surface area contributed by atoms with Crippen molar-refractivity contribution in [2.75, 3.05) is 20.1 Å². The van der Waals surface area contributed by atoms with Crippen LogP contribution in [0, 0.1) is 0 Å². The van der Waals surface area contributed by atoms with Gasteiger partial charge >= 0.3 is 0 Å². The Hall–Kier alpha value is -0.0800. The summed E-state index contributed by atoms with van der Waals surface area (Å²) in [5, 5.41) is 0. The molecule has 0 bridgehead atoms. The topological polar surface area (TPSA) is 30.0 Å². The SMILES string of the molecule is C[N+]1(C2CCCCCCCCC2)CCCC1.[OH-]. The summed E-state index contributed by atoms with van der Waals surface area (Å²) < 4.78 is 1.42. The lowest BCUT2D eigenvalue weighted by Crippen LogP contribution is -2.49. The Morgan fingerprint density at radius 1 is 0.647 bits per heavy atom. The Bertz CT molecular complexity index is 189. The van der Waals surface area contributed by atoms with E-state index in [1.54, 1.807) is 0 Å². The molecule has 0 unspecified atom stereocenters. The second-order valence-corrected chi connectivity index (χ2v) is 6.34. The third-order valence-electron chi connectivity index (χ3n) is 5.04. The second kappa shape index (κ2) is 7.38. The molecule has 2 rings (SSSR count). The van der Waals surface area contributed by atoms with E-state index in [-0.39, 0.29) is 5.48 Å². The van der Waals surface area contributed by atoms with Gasteiger partial charge in [0.15, 0.2) is 0 Å². The van der Waals surface area contributed by atoms with Crippen LogP contribution in [0.1, 0.15) is 70.6 Å². The average Bonchev–Trinajstić information content (AvgIpc) is 2.74. The lowest BCUT2D eigenvalue weighted by molar-refractivity contribution is -0.923. The number of rotatable bonds is 1. The second-order valence-electron chi connectivity index (χ2n) is 6.34. The summed E-state index contributed by atoms with van der Waals surface area (Å²) in [5.74, 6) is 0. The third kappa shape index (κ3) is 4.26. The van der Waals surface area contributed by atoms with Crippen LogP contribution in [0.5, 0.6) is 0 Å². The normalized spacial score (nSPS) is 27.4. The smallest absolute Gasteiger partial charge is 0.0888 e. The quantitative estimate of drug-likeness (QED) is 0.639. The molecule has 0 aromatic rings. The van der Waals surface area contributed by atoms with Crippen molar-refractivity contribution in [1.29, 1.82) is 0 Å². The molecular formula is C15H31NO. The Balaban J connectivity index is 0.00000144. The summed E-state index contributed by atoms with van der Waals surface area (Å²) in [6, 6.07) is 1.00. The predicted molar refractivity (Wildman–Crippen MR) is 72.4 cm³/mol. The van der Waals surface area contributed by atoms with Gasteiger partial charge in [-0.3, -0.25) is 0 Å². The number of hydrogen-bond donors (Lipinski definition) is 0. The van der Waals surface area contributed by atoms with Gasteiger partial charge in [0.05, 0.1) is 26.2 Å². The first-order chi connectivity index (χ1) is 7.81. The van der Waals surface area contributed by atoms with Gasteiger partial charge in [-0.1, -0.05) is 32.1 Å². The summed E-state index contributed by atoms with van der Waals surface area (Å²) >= 11 is 0. The summed E-state index contributed by atoms with van der Waals surface area (Å²) in [6.45, 7) is 2.93. The molecule has 2 fully saturated rings. The van der Waals surface area contributed by atoms with Crippen molar-refractivity contribution in [3.8, 4) is 0 Å². The van der Waals surface area contributed by atoms with Crippen molar-refractivity contribution in [2.45, 2.75) is 76.7 Å². The summed E-state index contributed by atoms with van der Waals surface area (Å²) in [4.78, 5) is 0. The van der Waals surface area contributed by atoms with Crippen LogP contribution in [0.4, 0.5) is 0 Å². The van der Waals surface area contributed by atoms with Crippen LogP contribution in [-0.2, 0) is 0 Å². The first kappa shape index (κ1) is 15.0. The first-order valence-electron chi connectivity index (χ1n) is 7.65. The zero-order chi connectivity index (χ0) is 11.3. The molecule has 0 radical (unpaired) electrons. The highest BCUT2D eigenvalue weighted by Crippen LogP contribution is 2.29. The van der Waals surface area contributed by atoms with Crippen LogP contribution in [0.25, 0.3) is 0 Å². The van der Waals surface area contributed by atoms with Crippen molar-refractivity contribution in [2.24, 2.45) is 0 Å². The van der Waals surface area contributed by atoms with Gasteiger partial charge in [-0.2, -0.15) is 0 Å². The molecule has 1 heterocycles. The summed E-state index contributed by atoms with van der Waals surface area (Å²) in [6.07, 6.45) is 16.5. The maximum Gasteiger partial charge on any atom is 0.0888 e.